The lowest BCUT2D eigenvalue weighted by molar-refractivity contribution is -0.189. The molecule has 0 aromatic heterocycles. The summed E-state index contributed by atoms with van der Waals surface area (Å²) in [5.41, 5.74) is 1.03. The van der Waals surface area contributed by atoms with E-state index < -0.39 is 30.1 Å². The van der Waals surface area contributed by atoms with Gasteiger partial charge in [-0.1, -0.05) is 18.9 Å². The summed E-state index contributed by atoms with van der Waals surface area (Å²) in [5, 5.41) is 2.53. The molecule has 0 radical (unpaired) electrons. The second-order valence-electron chi connectivity index (χ2n) is 6.24. The van der Waals surface area contributed by atoms with Gasteiger partial charge in [0.05, 0.1) is 10.4 Å². The molecule has 1 fully saturated rings. The first-order valence-electron chi connectivity index (χ1n) is 7.98. The molecule has 24 heavy (non-hydrogen) atoms. The van der Waals surface area contributed by atoms with Gasteiger partial charge in [-0.3, -0.25) is 4.79 Å². The van der Waals surface area contributed by atoms with Crippen molar-refractivity contribution in [2.75, 3.05) is 0 Å². The zero-order chi connectivity index (χ0) is 17.9. The van der Waals surface area contributed by atoms with Crippen LogP contribution in [-0.4, -0.2) is 24.2 Å². The second kappa shape index (κ2) is 7.76. The number of carbonyl (C=O) groups is 1. The molecule has 1 aromatic carbocycles. The zero-order valence-corrected chi connectivity index (χ0v) is 15.2. The maximum Gasteiger partial charge on any atom is 0.393 e. The molecular formula is C17H21BrF3NO2. The number of nitrogens with one attached hydrogen (secondary N) is 1. The largest absolute Gasteiger partial charge is 0.480 e. The lowest BCUT2D eigenvalue weighted by atomic mass is 9.84. The summed E-state index contributed by atoms with van der Waals surface area (Å²) in [6.45, 7) is 3.46. The SMILES string of the molecule is Cc1ccc(OC(C)C(=O)NC2CCCCC2C(F)(F)F)c(Br)c1. The van der Waals surface area contributed by atoms with E-state index in [9.17, 15) is 18.0 Å². The van der Waals surface area contributed by atoms with Gasteiger partial charge in [0.25, 0.3) is 5.91 Å². The number of ether oxygens (including phenoxy) is 1. The number of aryl methyl sites for hydroxylation is 1. The highest BCUT2D eigenvalue weighted by molar-refractivity contribution is 9.10. The molecule has 1 saturated carbocycles. The Morgan fingerprint density at radius 1 is 1.33 bits per heavy atom. The van der Waals surface area contributed by atoms with Crippen molar-refractivity contribution in [3.63, 3.8) is 0 Å². The first-order valence-corrected chi connectivity index (χ1v) is 8.77. The van der Waals surface area contributed by atoms with E-state index in [-0.39, 0.29) is 6.42 Å². The van der Waals surface area contributed by atoms with Crippen LogP contribution in [0, 0.1) is 12.8 Å². The van der Waals surface area contributed by atoms with Crippen LogP contribution in [0.25, 0.3) is 0 Å². The highest BCUT2D eigenvalue weighted by Gasteiger charge is 2.46. The minimum Gasteiger partial charge on any atom is -0.480 e. The monoisotopic (exact) mass is 407 g/mol. The summed E-state index contributed by atoms with van der Waals surface area (Å²) in [7, 11) is 0. The number of benzene rings is 1. The molecule has 0 heterocycles. The molecule has 1 N–H and O–H groups in total. The van der Waals surface area contributed by atoms with Gasteiger partial charge in [0.2, 0.25) is 0 Å². The summed E-state index contributed by atoms with van der Waals surface area (Å²) < 4.78 is 45.6. The number of hydrogen-bond acceptors (Lipinski definition) is 2. The fourth-order valence-corrected chi connectivity index (χ4v) is 3.53. The van der Waals surface area contributed by atoms with Crippen molar-refractivity contribution in [3.8, 4) is 5.75 Å². The summed E-state index contributed by atoms with van der Waals surface area (Å²) in [4.78, 5) is 12.2. The topological polar surface area (TPSA) is 38.3 Å². The van der Waals surface area contributed by atoms with Crippen molar-refractivity contribution >= 4 is 21.8 Å². The fraction of sp³-hybridized carbons (Fsp3) is 0.588. The highest BCUT2D eigenvalue weighted by atomic mass is 79.9. The van der Waals surface area contributed by atoms with Gasteiger partial charge >= 0.3 is 6.18 Å². The Kier molecular flexibility index (Phi) is 6.17. The van der Waals surface area contributed by atoms with Crippen LogP contribution in [-0.2, 0) is 4.79 Å². The molecule has 1 aliphatic carbocycles. The molecule has 3 unspecified atom stereocenters. The van der Waals surface area contributed by atoms with Crippen LogP contribution in [0.15, 0.2) is 22.7 Å². The minimum absolute atomic E-state index is 0.0627. The van der Waals surface area contributed by atoms with E-state index in [1.54, 1.807) is 6.07 Å². The van der Waals surface area contributed by atoms with E-state index in [0.717, 1.165) is 5.56 Å². The molecule has 2 rings (SSSR count). The normalized spacial score (nSPS) is 22.8. The Labute approximate surface area is 148 Å². The van der Waals surface area contributed by atoms with Crippen molar-refractivity contribution in [1.82, 2.24) is 5.32 Å². The van der Waals surface area contributed by atoms with Gasteiger partial charge in [-0.15, -0.1) is 0 Å². The van der Waals surface area contributed by atoms with Crippen molar-refractivity contribution in [2.45, 2.75) is 57.9 Å². The standard InChI is InChI=1S/C17H21BrF3NO2/c1-10-7-8-15(13(18)9-10)24-11(2)16(23)22-14-6-4-3-5-12(14)17(19,20)21/h7-9,11-12,14H,3-6H2,1-2H3,(H,22,23). The molecule has 3 atom stereocenters. The Hall–Kier alpha value is -1.24. The Morgan fingerprint density at radius 3 is 2.62 bits per heavy atom. The van der Waals surface area contributed by atoms with E-state index in [1.807, 2.05) is 19.1 Å². The average Bonchev–Trinajstić information content (AvgIpc) is 2.49. The molecule has 1 aliphatic rings. The third-order valence-corrected chi connectivity index (χ3v) is 4.89. The molecule has 0 aliphatic heterocycles. The van der Waals surface area contributed by atoms with Gasteiger partial charge in [-0.05, 0) is 60.3 Å². The number of amides is 1. The number of hydrogen-bond donors (Lipinski definition) is 1. The molecular weight excluding hydrogens is 387 g/mol. The van der Waals surface area contributed by atoms with Crippen LogP contribution < -0.4 is 10.1 Å². The summed E-state index contributed by atoms with van der Waals surface area (Å²) >= 11 is 3.35. The third kappa shape index (κ3) is 4.88. The molecule has 134 valence electrons. The summed E-state index contributed by atoms with van der Waals surface area (Å²) in [6, 6.07) is 4.54. The van der Waals surface area contributed by atoms with Gasteiger partial charge in [0.15, 0.2) is 6.10 Å². The van der Waals surface area contributed by atoms with E-state index >= 15 is 0 Å². The molecule has 0 saturated heterocycles. The minimum atomic E-state index is -4.29. The van der Waals surface area contributed by atoms with Crippen molar-refractivity contribution < 1.29 is 22.7 Å². The second-order valence-corrected chi connectivity index (χ2v) is 7.10. The summed E-state index contributed by atoms with van der Waals surface area (Å²) in [5.74, 6) is -1.52. The van der Waals surface area contributed by atoms with Crippen LogP contribution in [0.2, 0.25) is 0 Å². The highest BCUT2D eigenvalue weighted by Crippen LogP contribution is 2.37. The molecule has 1 amide bonds. The van der Waals surface area contributed by atoms with Crippen molar-refractivity contribution in [2.24, 2.45) is 5.92 Å². The molecule has 0 bridgehead atoms. The number of carbonyl (C=O) groups excluding carboxylic acids is 1. The lowest BCUT2D eigenvalue weighted by Gasteiger charge is -2.34. The predicted molar refractivity (Wildman–Crippen MR) is 88.9 cm³/mol. The Balaban J connectivity index is 1.99. The van der Waals surface area contributed by atoms with E-state index in [2.05, 4.69) is 21.2 Å². The average molecular weight is 408 g/mol. The first kappa shape index (κ1) is 19.1. The van der Waals surface area contributed by atoms with Crippen LogP contribution in [0.3, 0.4) is 0 Å². The maximum atomic E-state index is 13.1. The molecule has 0 spiro atoms. The first-order chi connectivity index (χ1) is 11.2. The van der Waals surface area contributed by atoms with Gasteiger partial charge in [-0.2, -0.15) is 13.2 Å². The van der Waals surface area contributed by atoms with Crippen LogP contribution in [0.1, 0.15) is 38.2 Å². The van der Waals surface area contributed by atoms with Crippen LogP contribution >= 0.6 is 15.9 Å². The smallest absolute Gasteiger partial charge is 0.393 e. The van der Waals surface area contributed by atoms with E-state index in [1.165, 1.54) is 6.92 Å². The lowest BCUT2D eigenvalue weighted by Crippen LogP contribution is -2.50. The zero-order valence-electron chi connectivity index (χ0n) is 13.6. The number of rotatable bonds is 4. The summed E-state index contributed by atoms with van der Waals surface area (Å²) in [6.07, 6.45) is -3.53. The third-order valence-electron chi connectivity index (χ3n) is 4.27. The predicted octanol–water partition coefficient (Wildman–Crippen LogP) is 4.76. The van der Waals surface area contributed by atoms with Gasteiger partial charge in [0, 0.05) is 6.04 Å². The van der Waals surface area contributed by atoms with Gasteiger partial charge < -0.3 is 10.1 Å². The quantitative estimate of drug-likeness (QED) is 0.780. The Morgan fingerprint density at radius 2 is 2.00 bits per heavy atom. The maximum absolute atomic E-state index is 13.1. The van der Waals surface area contributed by atoms with Crippen LogP contribution in [0.4, 0.5) is 13.2 Å². The Bertz CT molecular complexity index is 592. The van der Waals surface area contributed by atoms with Gasteiger partial charge in [-0.25, -0.2) is 0 Å². The number of halogens is 4. The van der Waals surface area contributed by atoms with Crippen molar-refractivity contribution in [1.29, 1.82) is 0 Å². The fourth-order valence-electron chi connectivity index (χ4n) is 2.94. The van der Waals surface area contributed by atoms with Crippen LogP contribution in [0.5, 0.6) is 5.75 Å². The number of alkyl halides is 3. The molecule has 7 heteroatoms. The van der Waals surface area contributed by atoms with E-state index in [4.69, 9.17) is 4.74 Å². The van der Waals surface area contributed by atoms with E-state index in [0.29, 0.717) is 29.5 Å². The molecule has 3 nitrogen and oxygen atoms in total. The van der Waals surface area contributed by atoms with Gasteiger partial charge in [0.1, 0.15) is 5.75 Å². The molecule has 1 aromatic rings. The van der Waals surface area contributed by atoms with Crippen molar-refractivity contribution in [3.05, 3.63) is 28.2 Å².